The van der Waals surface area contributed by atoms with E-state index >= 15 is 0 Å². The lowest BCUT2D eigenvalue weighted by Gasteiger charge is -2.33. The van der Waals surface area contributed by atoms with Crippen molar-refractivity contribution in [1.82, 2.24) is 4.90 Å². The van der Waals surface area contributed by atoms with Crippen LogP contribution in [0, 0.1) is 15.9 Å². The van der Waals surface area contributed by atoms with E-state index in [4.69, 9.17) is 5.73 Å². The summed E-state index contributed by atoms with van der Waals surface area (Å²) >= 11 is 0. The smallest absolute Gasteiger partial charge is 0.328 e. The fraction of sp³-hybridized carbons (Fsp3) is 0.294. The molecule has 24 heavy (non-hydrogen) atoms. The number of benzene rings is 2. The van der Waals surface area contributed by atoms with E-state index in [-0.39, 0.29) is 5.56 Å². The van der Waals surface area contributed by atoms with Gasteiger partial charge in [0.05, 0.1) is 4.92 Å². The van der Waals surface area contributed by atoms with Gasteiger partial charge in [0, 0.05) is 37.4 Å². The Morgan fingerprint density at radius 1 is 1.08 bits per heavy atom. The highest BCUT2D eigenvalue weighted by Gasteiger charge is 2.28. The third-order valence-electron chi connectivity index (χ3n) is 4.34. The molecule has 0 spiro atoms. The molecule has 0 aliphatic carbocycles. The maximum atomic E-state index is 14.9. The van der Waals surface area contributed by atoms with Gasteiger partial charge in [-0.1, -0.05) is 12.1 Å². The molecule has 0 atom stereocenters. The topological polar surface area (TPSA) is 75.6 Å². The van der Waals surface area contributed by atoms with Crippen molar-refractivity contribution in [3.63, 3.8) is 0 Å². The molecular formula is C17H19FN4O2. The summed E-state index contributed by atoms with van der Waals surface area (Å²) in [6, 6.07) is 9.85. The van der Waals surface area contributed by atoms with Gasteiger partial charge in [-0.15, -0.1) is 0 Å². The van der Waals surface area contributed by atoms with Gasteiger partial charge in [-0.25, -0.2) is 0 Å². The summed E-state index contributed by atoms with van der Waals surface area (Å²) in [5, 5.41) is 11.5. The predicted molar refractivity (Wildman–Crippen MR) is 92.6 cm³/mol. The molecule has 6 nitrogen and oxygen atoms in total. The van der Waals surface area contributed by atoms with Gasteiger partial charge < -0.3 is 15.5 Å². The predicted octanol–water partition coefficient (Wildman–Crippen LogP) is 2.73. The lowest BCUT2D eigenvalue weighted by molar-refractivity contribution is -0.386. The van der Waals surface area contributed by atoms with E-state index < -0.39 is 16.4 Å². The van der Waals surface area contributed by atoms with Crippen LogP contribution < -0.4 is 10.6 Å². The van der Waals surface area contributed by atoms with Gasteiger partial charge in [0.15, 0.2) is 0 Å². The van der Waals surface area contributed by atoms with Gasteiger partial charge in [-0.05, 0) is 36.9 Å². The quantitative estimate of drug-likeness (QED) is 0.532. The van der Waals surface area contributed by atoms with E-state index in [1.165, 1.54) is 0 Å². The molecule has 0 saturated carbocycles. The molecule has 0 bridgehead atoms. The van der Waals surface area contributed by atoms with E-state index in [1.807, 2.05) is 11.9 Å². The number of nitro benzene ring substituents is 1. The van der Waals surface area contributed by atoms with Crippen molar-refractivity contribution in [2.75, 3.05) is 43.9 Å². The molecule has 2 aromatic carbocycles. The van der Waals surface area contributed by atoms with Crippen LogP contribution in [0.4, 0.5) is 21.5 Å². The average Bonchev–Trinajstić information content (AvgIpc) is 2.56. The maximum Gasteiger partial charge on any atom is 0.328 e. The van der Waals surface area contributed by atoms with Crippen LogP contribution in [0.25, 0.3) is 11.1 Å². The lowest BCUT2D eigenvalue weighted by atomic mass is 10.0. The van der Waals surface area contributed by atoms with Crippen molar-refractivity contribution in [3.05, 3.63) is 52.3 Å². The monoisotopic (exact) mass is 330 g/mol. The summed E-state index contributed by atoms with van der Waals surface area (Å²) in [5.41, 5.74) is 6.85. The zero-order valence-corrected chi connectivity index (χ0v) is 13.4. The van der Waals surface area contributed by atoms with Crippen LogP contribution in [-0.4, -0.2) is 43.0 Å². The molecule has 126 valence electrons. The van der Waals surface area contributed by atoms with Gasteiger partial charge in [0.2, 0.25) is 5.82 Å². The molecule has 7 heteroatoms. The van der Waals surface area contributed by atoms with Crippen LogP contribution in [0.1, 0.15) is 0 Å². The number of hydrogen-bond acceptors (Lipinski definition) is 5. The normalized spacial score (nSPS) is 15.5. The zero-order chi connectivity index (χ0) is 17.3. The van der Waals surface area contributed by atoms with Crippen LogP contribution in [0.2, 0.25) is 0 Å². The summed E-state index contributed by atoms with van der Waals surface area (Å²) in [6.45, 7) is 2.85. The first kappa shape index (κ1) is 16.2. The Labute approximate surface area is 139 Å². The second-order valence-corrected chi connectivity index (χ2v) is 5.96. The highest BCUT2D eigenvalue weighted by atomic mass is 19.1. The van der Waals surface area contributed by atoms with Crippen molar-refractivity contribution in [3.8, 4) is 11.1 Å². The lowest BCUT2D eigenvalue weighted by Crippen LogP contribution is -2.44. The summed E-state index contributed by atoms with van der Waals surface area (Å²) in [4.78, 5) is 14.9. The Kier molecular flexibility index (Phi) is 4.35. The van der Waals surface area contributed by atoms with Crippen LogP contribution >= 0.6 is 0 Å². The Morgan fingerprint density at radius 2 is 1.71 bits per heavy atom. The summed E-state index contributed by atoms with van der Waals surface area (Å²) in [6.07, 6.45) is 0. The Balaban J connectivity index is 2.04. The molecule has 1 aliphatic rings. The van der Waals surface area contributed by atoms with Gasteiger partial charge in [0.25, 0.3) is 0 Å². The number of hydrogen-bond donors (Lipinski definition) is 1. The number of nitro groups is 1. The number of anilines is 2. The SMILES string of the molecule is CN1CCN(c2ccc(-c3ccc(N)cc3)c(F)c2[N+](=O)[O-])CC1. The molecule has 1 heterocycles. The van der Waals surface area contributed by atoms with Crippen molar-refractivity contribution in [2.24, 2.45) is 0 Å². The summed E-state index contributed by atoms with van der Waals surface area (Å²) in [7, 11) is 2.00. The summed E-state index contributed by atoms with van der Waals surface area (Å²) in [5.74, 6) is -0.804. The van der Waals surface area contributed by atoms with Gasteiger partial charge in [0.1, 0.15) is 5.69 Å². The van der Waals surface area contributed by atoms with Crippen LogP contribution in [0.15, 0.2) is 36.4 Å². The molecule has 1 fully saturated rings. The fourth-order valence-electron chi connectivity index (χ4n) is 2.92. The van der Waals surface area contributed by atoms with E-state index in [0.717, 1.165) is 13.1 Å². The molecule has 0 amide bonds. The van der Waals surface area contributed by atoms with Crippen molar-refractivity contribution >= 4 is 17.1 Å². The minimum absolute atomic E-state index is 0.208. The molecule has 0 unspecified atom stereocenters. The van der Waals surface area contributed by atoms with Gasteiger partial charge in [-0.2, -0.15) is 4.39 Å². The Hall–Kier alpha value is -2.67. The number of nitrogens with two attached hydrogens (primary N) is 1. The molecule has 2 N–H and O–H groups in total. The van der Waals surface area contributed by atoms with Gasteiger partial charge in [-0.3, -0.25) is 10.1 Å². The number of nitrogen functional groups attached to an aromatic ring is 1. The van der Waals surface area contributed by atoms with E-state index in [1.54, 1.807) is 36.4 Å². The minimum atomic E-state index is -0.804. The highest BCUT2D eigenvalue weighted by molar-refractivity contribution is 5.76. The van der Waals surface area contributed by atoms with E-state index in [2.05, 4.69) is 4.90 Å². The highest BCUT2D eigenvalue weighted by Crippen LogP contribution is 2.37. The number of likely N-dealkylation sites (N-methyl/N-ethyl adjacent to an activating group) is 1. The van der Waals surface area contributed by atoms with Crippen LogP contribution in [0.5, 0.6) is 0 Å². The van der Waals surface area contributed by atoms with Crippen molar-refractivity contribution in [2.45, 2.75) is 0 Å². The molecule has 1 aliphatic heterocycles. The van der Waals surface area contributed by atoms with E-state index in [9.17, 15) is 14.5 Å². The molecule has 0 radical (unpaired) electrons. The van der Waals surface area contributed by atoms with Crippen molar-refractivity contribution < 1.29 is 9.31 Å². The number of piperazine rings is 1. The molecule has 2 aromatic rings. The second kappa shape index (κ2) is 6.45. The summed E-state index contributed by atoms with van der Waals surface area (Å²) < 4.78 is 14.9. The Morgan fingerprint density at radius 3 is 2.29 bits per heavy atom. The Bertz CT molecular complexity index is 756. The third-order valence-corrected chi connectivity index (χ3v) is 4.34. The standard InChI is InChI=1S/C17H19FN4O2/c1-20-8-10-21(11-9-20)15-7-6-14(16(18)17(15)22(23)24)12-2-4-13(19)5-3-12/h2-7H,8-11,19H2,1H3. The number of halogens is 1. The van der Waals surface area contributed by atoms with Crippen LogP contribution in [-0.2, 0) is 0 Å². The second-order valence-electron chi connectivity index (χ2n) is 5.96. The first-order valence-electron chi connectivity index (χ1n) is 7.73. The van der Waals surface area contributed by atoms with Gasteiger partial charge >= 0.3 is 5.69 Å². The largest absolute Gasteiger partial charge is 0.399 e. The number of rotatable bonds is 3. The first-order chi connectivity index (χ1) is 11.5. The minimum Gasteiger partial charge on any atom is -0.399 e. The molecule has 3 rings (SSSR count). The van der Waals surface area contributed by atoms with E-state index in [0.29, 0.717) is 30.0 Å². The zero-order valence-electron chi connectivity index (χ0n) is 13.4. The molecule has 1 saturated heterocycles. The molecular weight excluding hydrogens is 311 g/mol. The average molecular weight is 330 g/mol. The first-order valence-corrected chi connectivity index (χ1v) is 7.73. The molecule has 0 aromatic heterocycles. The third kappa shape index (κ3) is 3.03. The fourth-order valence-corrected chi connectivity index (χ4v) is 2.92. The van der Waals surface area contributed by atoms with Crippen molar-refractivity contribution in [1.29, 1.82) is 0 Å². The van der Waals surface area contributed by atoms with Crippen LogP contribution in [0.3, 0.4) is 0 Å². The number of nitrogens with zero attached hydrogens (tertiary/aromatic N) is 3. The maximum absolute atomic E-state index is 14.9.